The molecule has 182 valence electrons. The molecule has 1 aromatic carbocycles. The Labute approximate surface area is 198 Å². The molecule has 0 aromatic heterocycles. The first-order valence-electron chi connectivity index (χ1n) is 12.9. The number of piperidine rings is 1. The van der Waals surface area contributed by atoms with Crippen molar-refractivity contribution in [3.05, 3.63) is 23.8 Å². The lowest BCUT2D eigenvalue weighted by atomic mass is 9.45. The van der Waals surface area contributed by atoms with E-state index in [9.17, 15) is 9.90 Å². The molecule has 0 bridgehead atoms. The van der Waals surface area contributed by atoms with Gasteiger partial charge >= 0.3 is 0 Å². The molecular formula is C28H41NO4. The molecule has 5 unspecified atom stereocenters. The van der Waals surface area contributed by atoms with Gasteiger partial charge in [-0.3, -0.25) is 4.79 Å². The van der Waals surface area contributed by atoms with E-state index < -0.39 is 0 Å². The normalized spacial score (nSPS) is 42.4. The molecule has 4 aliphatic rings. The fourth-order valence-corrected chi connectivity index (χ4v) is 8.70. The van der Waals surface area contributed by atoms with Crippen LogP contribution in [0.1, 0.15) is 71.3 Å². The predicted molar refractivity (Wildman–Crippen MR) is 128 cm³/mol. The summed E-state index contributed by atoms with van der Waals surface area (Å²) in [5.74, 6) is 4.29. The van der Waals surface area contributed by atoms with Crippen LogP contribution in [-0.2, 0) is 11.3 Å². The van der Waals surface area contributed by atoms with Gasteiger partial charge in [-0.05, 0) is 85.2 Å². The number of aliphatic hydroxyl groups is 1. The molecular weight excluding hydrogens is 414 g/mol. The molecule has 1 aromatic rings. The average molecular weight is 456 g/mol. The predicted octanol–water partition coefficient (Wildman–Crippen LogP) is 5.04. The van der Waals surface area contributed by atoms with Crippen LogP contribution in [0.15, 0.2) is 18.2 Å². The van der Waals surface area contributed by atoms with Gasteiger partial charge in [-0.25, -0.2) is 0 Å². The number of methoxy groups -OCH3 is 2. The van der Waals surface area contributed by atoms with E-state index in [1.54, 1.807) is 14.2 Å². The number of nitrogens with zero attached hydrogens (tertiary/aromatic N) is 1. The van der Waals surface area contributed by atoms with Gasteiger partial charge in [-0.1, -0.05) is 20.8 Å². The number of hydrogen-bond donors (Lipinski definition) is 1. The molecule has 1 N–H and O–H groups in total. The monoisotopic (exact) mass is 455 g/mol. The molecule has 5 nitrogen and oxygen atoms in total. The Morgan fingerprint density at radius 1 is 1.12 bits per heavy atom. The van der Waals surface area contributed by atoms with Crippen molar-refractivity contribution in [2.75, 3.05) is 14.2 Å². The van der Waals surface area contributed by atoms with Crippen LogP contribution in [0.2, 0.25) is 0 Å². The summed E-state index contributed by atoms with van der Waals surface area (Å²) < 4.78 is 11.0. The molecule has 8 atom stereocenters. The van der Waals surface area contributed by atoms with Crippen LogP contribution in [0.4, 0.5) is 0 Å². The molecule has 5 rings (SSSR count). The Hall–Kier alpha value is -1.75. The summed E-state index contributed by atoms with van der Waals surface area (Å²) in [6, 6.07) is 6.17. The highest BCUT2D eigenvalue weighted by molar-refractivity contribution is 5.78. The van der Waals surface area contributed by atoms with Crippen molar-refractivity contribution in [3.63, 3.8) is 0 Å². The molecule has 1 saturated heterocycles. The molecule has 3 saturated carbocycles. The minimum absolute atomic E-state index is 0.136. The van der Waals surface area contributed by atoms with Crippen LogP contribution in [-0.4, -0.2) is 42.3 Å². The highest BCUT2D eigenvalue weighted by atomic mass is 16.5. The van der Waals surface area contributed by atoms with Crippen molar-refractivity contribution < 1.29 is 19.4 Å². The van der Waals surface area contributed by atoms with Crippen molar-refractivity contribution in [1.29, 1.82) is 0 Å². The van der Waals surface area contributed by atoms with Crippen molar-refractivity contribution >= 4 is 5.91 Å². The van der Waals surface area contributed by atoms with Crippen LogP contribution in [0.3, 0.4) is 0 Å². The van der Waals surface area contributed by atoms with Gasteiger partial charge in [0.05, 0.1) is 20.3 Å². The number of fused-ring (bicyclic) bond motifs is 5. The Kier molecular flexibility index (Phi) is 5.70. The van der Waals surface area contributed by atoms with E-state index in [2.05, 4.69) is 25.7 Å². The van der Waals surface area contributed by atoms with Gasteiger partial charge in [0.15, 0.2) is 0 Å². The van der Waals surface area contributed by atoms with Crippen molar-refractivity contribution in [2.45, 2.75) is 84.4 Å². The molecule has 3 aliphatic carbocycles. The van der Waals surface area contributed by atoms with Crippen LogP contribution in [0, 0.1) is 34.5 Å². The van der Waals surface area contributed by atoms with E-state index in [1.807, 2.05) is 18.2 Å². The second-order valence-electron chi connectivity index (χ2n) is 12.0. The summed E-state index contributed by atoms with van der Waals surface area (Å²) in [4.78, 5) is 15.5. The SMILES string of the molecule is COc1ccc(CN2C(=O)CC[C@]3(C)C4CC[C@]5(C)C[C@@H](O)CC5C4C(C)CC23)c(OC)c1. The van der Waals surface area contributed by atoms with E-state index in [0.29, 0.717) is 42.1 Å². The highest BCUT2D eigenvalue weighted by Crippen LogP contribution is 2.66. The lowest BCUT2D eigenvalue weighted by Gasteiger charge is -2.63. The highest BCUT2D eigenvalue weighted by Gasteiger charge is 2.62. The molecule has 0 spiro atoms. The Morgan fingerprint density at radius 2 is 1.91 bits per heavy atom. The maximum Gasteiger partial charge on any atom is 0.223 e. The van der Waals surface area contributed by atoms with Crippen molar-refractivity contribution in [2.24, 2.45) is 34.5 Å². The zero-order valence-electron chi connectivity index (χ0n) is 21.0. The number of carbonyl (C=O) groups is 1. The number of benzene rings is 1. The van der Waals surface area contributed by atoms with Crippen LogP contribution >= 0.6 is 0 Å². The van der Waals surface area contributed by atoms with E-state index in [4.69, 9.17) is 9.47 Å². The maximum atomic E-state index is 13.3. The second-order valence-corrected chi connectivity index (χ2v) is 12.0. The molecule has 1 amide bonds. The summed E-state index contributed by atoms with van der Waals surface area (Å²) in [6.07, 6.45) is 6.93. The van der Waals surface area contributed by atoms with Crippen LogP contribution in [0.25, 0.3) is 0 Å². The zero-order chi connectivity index (χ0) is 23.5. The Bertz CT molecular complexity index is 917. The molecule has 1 aliphatic heterocycles. The van der Waals surface area contributed by atoms with E-state index in [0.717, 1.165) is 42.7 Å². The summed E-state index contributed by atoms with van der Waals surface area (Å²) in [7, 11) is 3.34. The summed E-state index contributed by atoms with van der Waals surface area (Å²) in [6.45, 7) is 7.91. The van der Waals surface area contributed by atoms with E-state index in [1.165, 1.54) is 12.8 Å². The molecule has 0 radical (unpaired) electrons. The number of ether oxygens (including phenoxy) is 2. The van der Waals surface area contributed by atoms with Crippen molar-refractivity contribution in [3.8, 4) is 11.5 Å². The standard InChI is InChI=1S/C28H41NO4/c1-17-12-24-28(3,21-8-10-27(2)15-19(30)13-22(27)26(17)21)11-9-25(31)29(24)16-18-6-7-20(32-4)14-23(18)33-5/h6-7,14,17,19,21-22,24,26,30H,8-13,15-16H2,1-5H3/t17?,19-,21?,22?,24?,26?,27+,28+/m0/s1. The first-order valence-corrected chi connectivity index (χ1v) is 12.9. The number of likely N-dealkylation sites (tertiary alicyclic amines) is 1. The zero-order valence-corrected chi connectivity index (χ0v) is 21.0. The fourth-order valence-electron chi connectivity index (χ4n) is 8.70. The van der Waals surface area contributed by atoms with Gasteiger partial charge in [-0.2, -0.15) is 0 Å². The number of hydrogen-bond acceptors (Lipinski definition) is 4. The van der Waals surface area contributed by atoms with Gasteiger partial charge in [0.2, 0.25) is 5.91 Å². The molecule has 4 fully saturated rings. The topological polar surface area (TPSA) is 59.0 Å². The van der Waals surface area contributed by atoms with Gasteiger partial charge in [0.1, 0.15) is 11.5 Å². The van der Waals surface area contributed by atoms with Crippen molar-refractivity contribution in [1.82, 2.24) is 4.90 Å². The molecule has 5 heteroatoms. The third kappa shape index (κ3) is 3.57. The number of amides is 1. The van der Waals surface area contributed by atoms with Crippen LogP contribution in [0.5, 0.6) is 11.5 Å². The van der Waals surface area contributed by atoms with E-state index in [-0.39, 0.29) is 23.5 Å². The number of rotatable bonds is 4. The van der Waals surface area contributed by atoms with Gasteiger partial charge in [0, 0.05) is 30.6 Å². The Balaban J connectivity index is 1.46. The number of aliphatic hydroxyl groups excluding tert-OH is 1. The first kappa shape index (κ1) is 23.0. The first-order chi connectivity index (χ1) is 15.7. The van der Waals surface area contributed by atoms with E-state index >= 15 is 0 Å². The summed E-state index contributed by atoms with van der Waals surface area (Å²) in [5.41, 5.74) is 1.47. The van der Waals surface area contributed by atoms with Gasteiger partial charge in [-0.15, -0.1) is 0 Å². The average Bonchev–Trinajstić information content (AvgIpc) is 3.11. The quantitative estimate of drug-likeness (QED) is 0.691. The second kappa shape index (κ2) is 8.18. The maximum absolute atomic E-state index is 13.3. The minimum atomic E-state index is -0.136. The smallest absolute Gasteiger partial charge is 0.223 e. The van der Waals surface area contributed by atoms with Gasteiger partial charge < -0.3 is 19.5 Å². The molecule has 33 heavy (non-hydrogen) atoms. The third-order valence-corrected chi connectivity index (χ3v) is 10.3. The fraction of sp³-hybridized carbons (Fsp3) is 0.750. The third-order valence-electron chi connectivity index (χ3n) is 10.3. The molecule has 1 heterocycles. The summed E-state index contributed by atoms with van der Waals surface area (Å²) >= 11 is 0. The Morgan fingerprint density at radius 3 is 2.64 bits per heavy atom. The lowest BCUT2D eigenvalue weighted by molar-refractivity contribution is -0.169. The van der Waals surface area contributed by atoms with Gasteiger partial charge in [0.25, 0.3) is 0 Å². The summed E-state index contributed by atoms with van der Waals surface area (Å²) in [5, 5.41) is 10.6. The van der Waals surface area contributed by atoms with Crippen LogP contribution < -0.4 is 9.47 Å². The minimum Gasteiger partial charge on any atom is -0.497 e. The largest absolute Gasteiger partial charge is 0.497 e. The lowest BCUT2D eigenvalue weighted by Crippen LogP contribution is -2.63. The number of carbonyl (C=O) groups excluding carboxylic acids is 1.